The molecule has 0 bridgehead atoms. The Morgan fingerprint density at radius 3 is 2.71 bits per heavy atom. The van der Waals surface area contributed by atoms with Gasteiger partial charge in [0.05, 0.1) is 25.7 Å². The highest BCUT2D eigenvalue weighted by molar-refractivity contribution is 9.10. The van der Waals surface area contributed by atoms with Crippen molar-refractivity contribution in [3.8, 4) is 0 Å². The van der Waals surface area contributed by atoms with Crippen molar-refractivity contribution in [1.29, 1.82) is 0 Å². The van der Waals surface area contributed by atoms with Crippen molar-refractivity contribution >= 4 is 44.8 Å². The number of nitrogens with one attached hydrogen (secondary N) is 1. The second-order valence-corrected chi connectivity index (χ2v) is 5.18. The Hall–Kier alpha value is -1.99. The van der Waals surface area contributed by atoms with Gasteiger partial charge in [-0.15, -0.1) is 0 Å². The minimum absolute atomic E-state index is 0.332. The molecule has 0 aliphatic carbocycles. The van der Waals surface area contributed by atoms with E-state index in [2.05, 4.69) is 21.2 Å². The smallest absolute Gasteiger partial charge is 0.270 e. The molecule has 21 heavy (non-hydrogen) atoms. The van der Waals surface area contributed by atoms with Gasteiger partial charge in [0.15, 0.2) is 0 Å². The van der Waals surface area contributed by atoms with Crippen LogP contribution in [0.25, 0.3) is 0 Å². The molecule has 0 aliphatic rings. The summed E-state index contributed by atoms with van der Waals surface area (Å²) in [7, 11) is 0. The van der Waals surface area contributed by atoms with Gasteiger partial charge in [0, 0.05) is 12.1 Å². The van der Waals surface area contributed by atoms with Crippen molar-refractivity contribution in [2.75, 3.05) is 5.32 Å². The van der Waals surface area contributed by atoms with Crippen LogP contribution in [0.15, 0.2) is 40.9 Å². The van der Waals surface area contributed by atoms with Crippen LogP contribution in [0.3, 0.4) is 0 Å². The first kappa shape index (κ1) is 15.4. The van der Waals surface area contributed by atoms with E-state index in [9.17, 15) is 19.3 Å². The second-order valence-electron chi connectivity index (χ2n) is 3.98. The largest absolute Gasteiger partial charge is 0.321 e. The van der Waals surface area contributed by atoms with Gasteiger partial charge >= 0.3 is 0 Å². The van der Waals surface area contributed by atoms with E-state index in [0.717, 1.165) is 18.2 Å². The second kappa shape index (κ2) is 6.19. The average molecular weight is 374 g/mol. The van der Waals surface area contributed by atoms with Crippen LogP contribution in [-0.4, -0.2) is 10.8 Å². The molecule has 0 spiro atoms. The first-order valence-corrected chi connectivity index (χ1v) is 6.76. The normalized spacial score (nSPS) is 10.2. The summed E-state index contributed by atoms with van der Waals surface area (Å²) in [6, 6.07) is 7.51. The molecule has 8 heteroatoms. The van der Waals surface area contributed by atoms with Crippen molar-refractivity contribution in [1.82, 2.24) is 0 Å². The summed E-state index contributed by atoms with van der Waals surface area (Å²) < 4.78 is 14.1. The first-order chi connectivity index (χ1) is 9.90. The van der Waals surface area contributed by atoms with Crippen LogP contribution in [0.5, 0.6) is 0 Å². The lowest BCUT2D eigenvalue weighted by molar-refractivity contribution is -0.384. The van der Waals surface area contributed by atoms with Crippen LogP contribution >= 0.6 is 27.5 Å². The number of non-ortho nitro benzene ring substituents is 1. The number of rotatable bonds is 3. The lowest BCUT2D eigenvalue weighted by atomic mass is 10.1. The fourth-order valence-corrected chi connectivity index (χ4v) is 2.13. The fourth-order valence-electron chi connectivity index (χ4n) is 1.59. The molecule has 2 rings (SSSR count). The van der Waals surface area contributed by atoms with Gasteiger partial charge in [0.25, 0.3) is 11.6 Å². The summed E-state index contributed by atoms with van der Waals surface area (Å²) in [6.07, 6.45) is 0. The summed E-state index contributed by atoms with van der Waals surface area (Å²) in [5.41, 5.74) is -0.457. The molecule has 0 unspecified atom stereocenters. The summed E-state index contributed by atoms with van der Waals surface area (Å²) in [6.45, 7) is 0. The summed E-state index contributed by atoms with van der Waals surface area (Å²) in [5, 5.41) is 13.5. The highest BCUT2D eigenvalue weighted by Gasteiger charge is 2.18. The van der Waals surface area contributed by atoms with Crippen molar-refractivity contribution in [3.05, 3.63) is 67.4 Å². The third-order valence-corrected chi connectivity index (χ3v) is 4.00. The van der Waals surface area contributed by atoms with Crippen molar-refractivity contribution < 1.29 is 14.1 Å². The number of hydrogen-bond acceptors (Lipinski definition) is 3. The lowest BCUT2D eigenvalue weighted by Crippen LogP contribution is -2.14. The zero-order valence-electron chi connectivity index (χ0n) is 10.3. The number of nitrogens with zero attached hydrogens (tertiary/aromatic N) is 1. The van der Waals surface area contributed by atoms with Crippen LogP contribution in [0.1, 0.15) is 10.4 Å². The third kappa shape index (κ3) is 3.37. The number of benzene rings is 2. The number of nitro benzene ring substituents is 1. The van der Waals surface area contributed by atoms with Gasteiger partial charge in [-0.1, -0.05) is 17.7 Å². The predicted molar refractivity (Wildman–Crippen MR) is 80.2 cm³/mol. The molecule has 0 atom stereocenters. The van der Waals surface area contributed by atoms with Gasteiger partial charge in [-0.3, -0.25) is 14.9 Å². The molecular weight excluding hydrogens is 367 g/mol. The van der Waals surface area contributed by atoms with Crippen molar-refractivity contribution in [2.24, 2.45) is 0 Å². The molecule has 0 aliphatic heterocycles. The van der Waals surface area contributed by atoms with E-state index in [1.807, 2.05) is 0 Å². The standard InChI is InChI=1S/C13H7BrClFN2O3/c14-12-9(15)2-1-3-11(12)17-13(19)8-6-7(18(20)21)4-5-10(8)16/h1-6H,(H,17,19). The topological polar surface area (TPSA) is 72.2 Å². The number of nitro groups is 1. The van der Waals surface area contributed by atoms with E-state index < -0.39 is 22.2 Å². The monoisotopic (exact) mass is 372 g/mol. The third-order valence-electron chi connectivity index (χ3n) is 2.61. The molecule has 2 aromatic carbocycles. The zero-order chi connectivity index (χ0) is 15.6. The fraction of sp³-hybridized carbons (Fsp3) is 0. The maximum Gasteiger partial charge on any atom is 0.270 e. The molecule has 0 saturated carbocycles. The number of anilines is 1. The lowest BCUT2D eigenvalue weighted by Gasteiger charge is -2.09. The molecule has 2 aromatic rings. The van der Waals surface area contributed by atoms with Gasteiger partial charge in [0.1, 0.15) is 5.82 Å². The van der Waals surface area contributed by atoms with E-state index in [1.54, 1.807) is 18.2 Å². The molecule has 1 N–H and O–H groups in total. The maximum atomic E-state index is 13.6. The molecule has 0 radical (unpaired) electrons. The molecule has 0 saturated heterocycles. The first-order valence-electron chi connectivity index (χ1n) is 5.59. The highest BCUT2D eigenvalue weighted by atomic mass is 79.9. The predicted octanol–water partition coefficient (Wildman–Crippen LogP) is 4.40. The van der Waals surface area contributed by atoms with Gasteiger partial charge in [-0.2, -0.15) is 0 Å². The number of carbonyl (C=O) groups is 1. The van der Waals surface area contributed by atoms with Gasteiger partial charge in [-0.25, -0.2) is 4.39 Å². The quantitative estimate of drug-likeness (QED) is 0.640. The molecule has 5 nitrogen and oxygen atoms in total. The Kier molecular flexibility index (Phi) is 4.54. The summed E-state index contributed by atoms with van der Waals surface area (Å²) >= 11 is 9.07. The average Bonchev–Trinajstić information content (AvgIpc) is 2.44. The summed E-state index contributed by atoms with van der Waals surface area (Å²) in [5.74, 6) is -1.66. The van der Waals surface area contributed by atoms with Crippen LogP contribution in [-0.2, 0) is 0 Å². The molecule has 1 amide bonds. The van der Waals surface area contributed by atoms with E-state index in [4.69, 9.17) is 11.6 Å². The van der Waals surface area contributed by atoms with Crippen molar-refractivity contribution in [3.63, 3.8) is 0 Å². The van der Waals surface area contributed by atoms with E-state index in [-0.39, 0.29) is 5.69 Å². The van der Waals surface area contributed by atoms with E-state index in [0.29, 0.717) is 15.2 Å². The Labute approximate surface area is 132 Å². The van der Waals surface area contributed by atoms with Crippen LogP contribution in [0.2, 0.25) is 5.02 Å². The van der Waals surface area contributed by atoms with Gasteiger partial charge < -0.3 is 5.32 Å². The number of halogens is 3. The minimum atomic E-state index is -0.851. The Balaban J connectivity index is 2.34. The SMILES string of the molecule is O=C(Nc1cccc(Cl)c1Br)c1cc([N+](=O)[O-])ccc1F. The van der Waals surface area contributed by atoms with E-state index >= 15 is 0 Å². The van der Waals surface area contributed by atoms with Crippen LogP contribution in [0, 0.1) is 15.9 Å². The zero-order valence-corrected chi connectivity index (χ0v) is 12.6. The molecule has 0 aromatic heterocycles. The Morgan fingerprint density at radius 1 is 1.33 bits per heavy atom. The molecule has 0 heterocycles. The molecular formula is C13H7BrClFN2O3. The van der Waals surface area contributed by atoms with E-state index in [1.165, 1.54) is 0 Å². The number of carbonyl (C=O) groups excluding carboxylic acids is 1. The number of hydrogen-bond donors (Lipinski definition) is 1. The maximum absolute atomic E-state index is 13.6. The Bertz CT molecular complexity index is 739. The van der Waals surface area contributed by atoms with Gasteiger partial charge in [0.2, 0.25) is 0 Å². The van der Waals surface area contributed by atoms with Gasteiger partial charge in [-0.05, 0) is 34.1 Å². The minimum Gasteiger partial charge on any atom is -0.321 e. The number of amides is 1. The van der Waals surface area contributed by atoms with Crippen molar-refractivity contribution in [2.45, 2.75) is 0 Å². The summed E-state index contributed by atoms with van der Waals surface area (Å²) in [4.78, 5) is 22.0. The highest BCUT2D eigenvalue weighted by Crippen LogP contribution is 2.30. The Morgan fingerprint density at radius 2 is 2.05 bits per heavy atom. The molecule has 108 valence electrons. The van der Waals surface area contributed by atoms with Crippen LogP contribution in [0.4, 0.5) is 15.8 Å². The van der Waals surface area contributed by atoms with Crippen LogP contribution < -0.4 is 5.32 Å². The molecule has 0 fully saturated rings.